The first-order chi connectivity index (χ1) is 5.97. The zero-order valence-corrected chi connectivity index (χ0v) is 8.80. The number of rotatable bonds is 2. The first kappa shape index (κ1) is 10.3. The van der Waals surface area contributed by atoms with Crippen LogP contribution in [0, 0.1) is 5.41 Å². The van der Waals surface area contributed by atoms with Gasteiger partial charge in [0.1, 0.15) is 0 Å². The Kier molecular flexibility index (Phi) is 3.09. The summed E-state index contributed by atoms with van der Waals surface area (Å²) in [6, 6.07) is 0. The molecule has 0 amide bonds. The van der Waals surface area contributed by atoms with Crippen LogP contribution in [0.1, 0.15) is 20.8 Å². The largest absolute Gasteiger partial charge is 0.490 e. The summed E-state index contributed by atoms with van der Waals surface area (Å²) in [5, 5.41) is 0.239. The van der Waals surface area contributed by atoms with Crippen molar-refractivity contribution < 1.29 is 4.74 Å². The van der Waals surface area contributed by atoms with Crippen LogP contribution >= 0.6 is 11.6 Å². The van der Waals surface area contributed by atoms with Crippen molar-refractivity contribution in [3.8, 4) is 5.75 Å². The second kappa shape index (κ2) is 3.92. The highest BCUT2D eigenvalue weighted by Gasteiger charge is 2.11. The van der Waals surface area contributed by atoms with Gasteiger partial charge >= 0.3 is 0 Å². The fourth-order valence-corrected chi connectivity index (χ4v) is 0.772. The Morgan fingerprint density at radius 2 is 1.85 bits per heavy atom. The van der Waals surface area contributed by atoms with Gasteiger partial charge in [-0.1, -0.05) is 20.8 Å². The van der Waals surface area contributed by atoms with E-state index in [1.165, 1.54) is 0 Å². The van der Waals surface area contributed by atoms with Crippen molar-refractivity contribution in [1.29, 1.82) is 0 Å². The number of aromatic nitrogens is 2. The fraction of sp³-hybridized carbons (Fsp3) is 0.556. The van der Waals surface area contributed by atoms with E-state index in [0.717, 1.165) is 0 Å². The smallest absolute Gasteiger partial charge is 0.222 e. The van der Waals surface area contributed by atoms with Crippen LogP contribution in [-0.2, 0) is 0 Å². The molecule has 0 spiro atoms. The molecule has 3 nitrogen and oxygen atoms in total. The SMILES string of the molecule is CC(C)(C)COc1cnc(Cl)nc1. The summed E-state index contributed by atoms with van der Waals surface area (Å²) < 4.78 is 5.44. The maximum Gasteiger partial charge on any atom is 0.222 e. The minimum Gasteiger partial charge on any atom is -0.490 e. The Bertz CT molecular complexity index is 266. The van der Waals surface area contributed by atoms with Crippen LogP contribution in [0.5, 0.6) is 5.75 Å². The second-order valence-corrected chi connectivity index (χ2v) is 4.38. The van der Waals surface area contributed by atoms with Gasteiger partial charge in [0.25, 0.3) is 0 Å². The van der Waals surface area contributed by atoms with Crippen LogP contribution < -0.4 is 4.74 Å². The molecule has 1 aromatic rings. The average Bonchev–Trinajstić information content (AvgIpc) is 2.02. The third-order valence-corrected chi connectivity index (χ3v) is 1.46. The average molecular weight is 201 g/mol. The highest BCUT2D eigenvalue weighted by molar-refractivity contribution is 6.28. The Labute approximate surface area is 83.1 Å². The molecule has 0 saturated heterocycles. The molecule has 13 heavy (non-hydrogen) atoms. The number of hydrogen-bond donors (Lipinski definition) is 0. The summed E-state index contributed by atoms with van der Waals surface area (Å²) in [5.41, 5.74) is 0.139. The molecule has 0 saturated carbocycles. The van der Waals surface area contributed by atoms with Crippen molar-refractivity contribution in [3.05, 3.63) is 17.7 Å². The van der Waals surface area contributed by atoms with E-state index in [2.05, 4.69) is 30.7 Å². The predicted molar refractivity (Wildman–Crippen MR) is 52.0 cm³/mol. The molecule has 0 aromatic carbocycles. The summed E-state index contributed by atoms with van der Waals surface area (Å²) >= 11 is 5.52. The molecular formula is C9H13ClN2O. The molecule has 0 radical (unpaired) electrons. The Hall–Kier alpha value is -0.830. The second-order valence-electron chi connectivity index (χ2n) is 4.04. The predicted octanol–water partition coefficient (Wildman–Crippen LogP) is 2.55. The maximum atomic E-state index is 5.52. The van der Waals surface area contributed by atoms with Crippen LogP contribution in [0.25, 0.3) is 0 Å². The van der Waals surface area contributed by atoms with Crippen molar-refractivity contribution in [3.63, 3.8) is 0 Å². The number of hydrogen-bond acceptors (Lipinski definition) is 3. The molecule has 0 bridgehead atoms. The van der Waals surface area contributed by atoms with Gasteiger partial charge in [-0.05, 0) is 17.0 Å². The van der Waals surface area contributed by atoms with E-state index in [-0.39, 0.29) is 10.7 Å². The molecule has 0 aliphatic rings. The van der Waals surface area contributed by atoms with E-state index >= 15 is 0 Å². The van der Waals surface area contributed by atoms with Gasteiger partial charge in [0.15, 0.2) is 5.75 Å². The third kappa shape index (κ3) is 4.08. The quantitative estimate of drug-likeness (QED) is 0.689. The van der Waals surface area contributed by atoms with Gasteiger partial charge in [-0.25, -0.2) is 9.97 Å². The minimum atomic E-state index is 0.139. The minimum absolute atomic E-state index is 0.139. The lowest BCUT2D eigenvalue weighted by Gasteiger charge is -2.18. The van der Waals surface area contributed by atoms with E-state index in [4.69, 9.17) is 16.3 Å². The van der Waals surface area contributed by atoms with Crippen LogP contribution in [0.15, 0.2) is 12.4 Å². The van der Waals surface area contributed by atoms with Gasteiger partial charge in [0.2, 0.25) is 5.28 Å². The summed E-state index contributed by atoms with van der Waals surface area (Å²) in [6.45, 7) is 6.94. The van der Waals surface area contributed by atoms with E-state index in [1.54, 1.807) is 12.4 Å². The molecule has 1 rings (SSSR count). The van der Waals surface area contributed by atoms with E-state index < -0.39 is 0 Å². The monoisotopic (exact) mass is 200 g/mol. The van der Waals surface area contributed by atoms with Crippen molar-refractivity contribution in [2.45, 2.75) is 20.8 Å². The van der Waals surface area contributed by atoms with E-state index in [0.29, 0.717) is 12.4 Å². The molecule has 0 aliphatic heterocycles. The molecule has 0 N–H and O–H groups in total. The van der Waals surface area contributed by atoms with Gasteiger partial charge in [-0.2, -0.15) is 0 Å². The lowest BCUT2D eigenvalue weighted by Crippen LogP contribution is -2.16. The van der Waals surface area contributed by atoms with Gasteiger partial charge in [0, 0.05) is 0 Å². The Morgan fingerprint density at radius 3 is 2.31 bits per heavy atom. The molecule has 0 fully saturated rings. The molecule has 4 heteroatoms. The third-order valence-electron chi connectivity index (χ3n) is 1.27. The standard InChI is InChI=1S/C9H13ClN2O/c1-9(2,3)6-13-7-4-11-8(10)12-5-7/h4-5H,6H2,1-3H3. The maximum absolute atomic E-state index is 5.52. The molecule has 72 valence electrons. The van der Waals surface area contributed by atoms with Crippen molar-refractivity contribution in [1.82, 2.24) is 9.97 Å². The van der Waals surface area contributed by atoms with Crippen LogP contribution in [0.2, 0.25) is 5.28 Å². The number of nitrogens with zero attached hydrogens (tertiary/aromatic N) is 2. The Balaban J connectivity index is 2.51. The van der Waals surface area contributed by atoms with Crippen LogP contribution in [0.4, 0.5) is 0 Å². The van der Waals surface area contributed by atoms with Gasteiger partial charge < -0.3 is 4.74 Å². The zero-order chi connectivity index (χ0) is 9.90. The van der Waals surface area contributed by atoms with E-state index in [1.807, 2.05) is 0 Å². The summed E-state index contributed by atoms with van der Waals surface area (Å²) in [4.78, 5) is 7.62. The van der Waals surface area contributed by atoms with Gasteiger partial charge in [0.05, 0.1) is 19.0 Å². The molecule has 0 aliphatic carbocycles. The highest BCUT2D eigenvalue weighted by Crippen LogP contribution is 2.16. The first-order valence-electron chi connectivity index (χ1n) is 4.08. The van der Waals surface area contributed by atoms with Gasteiger partial charge in [-0.3, -0.25) is 0 Å². The van der Waals surface area contributed by atoms with E-state index in [9.17, 15) is 0 Å². The fourth-order valence-electron chi connectivity index (χ4n) is 0.675. The highest BCUT2D eigenvalue weighted by atomic mass is 35.5. The topological polar surface area (TPSA) is 35.0 Å². The van der Waals surface area contributed by atoms with Crippen molar-refractivity contribution >= 4 is 11.6 Å². The summed E-state index contributed by atoms with van der Waals surface area (Å²) in [7, 11) is 0. The number of ether oxygens (including phenoxy) is 1. The Morgan fingerprint density at radius 1 is 1.31 bits per heavy atom. The molecular weight excluding hydrogens is 188 g/mol. The molecule has 0 atom stereocenters. The summed E-state index contributed by atoms with van der Waals surface area (Å²) in [6.07, 6.45) is 3.14. The molecule has 1 aromatic heterocycles. The zero-order valence-electron chi connectivity index (χ0n) is 8.04. The lowest BCUT2D eigenvalue weighted by atomic mass is 9.99. The lowest BCUT2D eigenvalue weighted by molar-refractivity contribution is 0.196. The number of halogens is 1. The first-order valence-corrected chi connectivity index (χ1v) is 4.45. The van der Waals surface area contributed by atoms with Gasteiger partial charge in [-0.15, -0.1) is 0 Å². The van der Waals surface area contributed by atoms with Crippen LogP contribution in [-0.4, -0.2) is 16.6 Å². The molecule has 0 unspecified atom stereocenters. The van der Waals surface area contributed by atoms with Crippen LogP contribution in [0.3, 0.4) is 0 Å². The van der Waals surface area contributed by atoms with Crippen molar-refractivity contribution in [2.24, 2.45) is 5.41 Å². The van der Waals surface area contributed by atoms with Crippen molar-refractivity contribution in [2.75, 3.05) is 6.61 Å². The molecule has 1 heterocycles. The summed E-state index contributed by atoms with van der Waals surface area (Å²) in [5.74, 6) is 0.652. The normalized spacial score (nSPS) is 11.4.